The molecular weight excluding hydrogens is 518 g/mol. The van der Waals surface area contributed by atoms with Crippen LogP contribution in [0.4, 0.5) is 5.69 Å². The van der Waals surface area contributed by atoms with Crippen LogP contribution in [0.2, 0.25) is 5.02 Å². The summed E-state index contributed by atoms with van der Waals surface area (Å²) >= 11 is 6.03. The summed E-state index contributed by atoms with van der Waals surface area (Å²) in [5.74, 6) is 0.757. The summed E-state index contributed by atoms with van der Waals surface area (Å²) in [5.41, 5.74) is 4.17. The Bertz CT molecular complexity index is 1360. The zero-order chi connectivity index (χ0) is 26.8. The van der Waals surface area contributed by atoms with E-state index in [0.29, 0.717) is 41.0 Å². The summed E-state index contributed by atoms with van der Waals surface area (Å²) in [4.78, 5) is 12.5. The third-order valence-electron chi connectivity index (χ3n) is 5.00. The number of carbonyl (C=O) groups is 1. The topological polar surface area (TPSA) is 107 Å². The number of rotatable bonds is 12. The van der Waals surface area contributed by atoms with Crippen molar-refractivity contribution in [3.63, 3.8) is 0 Å². The molecular formula is C26H28ClN3O6S. The van der Waals surface area contributed by atoms with Crippen LogP contribution in [0.15, 0.2) is 71.8 Å². The first-order valence-electron chi connectivity index (χ1n) is 11.3. The zero-order valence-electron chi connectivity index (χ0n) is 20.7. The molecule has 0 heterocycles. The third-order valence-corrected chi connectivity index (χ3v) is 6.36. The molecule has 0 aliphatic rings. The molecule has 0 fully saturated rings. The number of nitrogens with one attached hydrogen (secondary N) is 1. The highest BCUT2D eigenvalue weighted by Crippen LogP contribution is 2.30. The molecule has 0 bridgehead atoms. The van der Waals surface area contributed by atoms with E-state index >= 15 is 0 Å². The molecule has 0 saturated heterocycles. The summed E-state index contributed by atoms with van der Waals surface area (Å²) in [5, 5.41) is 4.59. The number of ether oxygens (including phenoxy) is 3. The van der Waals surface area contributed by atoms with Gasteiger partial charge in [0.05, 0.1) is 31.9 Å². The van der Waals surface area contributed by atoms with Crippen molar-refractivity contribution < 1.29 is 27.4 Å². The minimum absolute atomic E-state index is 0.251. The van der Waals surface area contributed by atoms with Crippen LogP contribution in [-0.2, 0) is 21.4 Å². The Morgan fingerprint density at radius 2 is 1.81 bits per heavy atom. The van der Waals surface area contributed by atoms with E-state index in [0.717, 1.165) is 16.1 Å². The summed E-state index contributed by atoms with van der Waals surface area (Å²) in [7, 11) is -2.34. The van der Waals surface area contributed by atoms with Crippen molar-refractivity contribution >= 4 is 39.4 Å². The number of amides is 1. The molecule has 0 saturated carbocycles. The van der Waals surface area contributed by atoms with Gasteiger partial charge >= 0.3 is 0 Å². The quantitative estimate of drug-likeness (QED) is 0.269. The second-order valence-electron chi connectivity index (χ2n) is 7.79. The average molecular weight is 546 g/mol. The maximum absolute atomic E-state index is 12.5. The van der Waals surface area contributed by atoms with Crippen LogP contribution in [0, 0.1) is 0 Å². The zero-order valence-corrected chi connectivity index (χ0v) is 22.3. The number of hydrogen-bond donors (Lipinski definition) is 1. The fourth-order valence-electron chi connectivity index (χ4n) is 3.34. The van der Waals surface area contributed by atoms with E-state index in [1.807, 2.05) is 25.1 Å². The molecule has 3 aromatic rings. The lowest BCUT2D eigenvalue weighted by Gasteiger charge is -2.23. The van der Waals surface area contributed by atoms with Crippen LogP contribution in [0.5, 0.6) is 17.2 Å². The third kappa shape index (κ3) is 8.12. The van der Waals surface area contributed by atoms with E-state index in [2.05, 4.69) is 10.5 Å². The number of halogens is 1. The second-order valence-corrected chi connectivity index (χ2v) is 10.1. The molecule has 0 radical (unpaired) electrons. The molecule has 3 aromatic carbocycles. The number of nitrogens with zero attached hydrogens (tertiary/aromatic N) is 2. The van der Waals surface area contributed by atoms with E-state index in [1.165, 1.54) is 13.3 Å². The van der Waals surface area contributed by atoms with Gasteiger partial charge in [-0.05, 0) is 60.5 Å². The van der Waals surface area contributed by atoms with Crippen LogP contribution in [0.3, 0.4) is 0 Å². The van der Waals surface area contributed by atoms with Crippen molar-refractivity contribution in [2.24, 2.45) is 5.10 Å². The number of anilines is 1. The molecule has 11 heteroatoms. The predicted octanol–water partition coefficient (Wildman–Crippen LogP) is 4.24. The van der Waals surface area contributed by atoms with Gasteiger partial charge in [0.25, 0.3) is 5.91 Å². The van der Waals surface area contributed by atoms with Crippen LogP contribution in [-0.4, -0.2) is 47.1 Å². The largest absolute Gasteiger partial charge is 0.495 e. The average Bonchev–Trinajstić information content (AvgIpc) is 2.86. The molecule has 0 atom stereocenters. The summed E-state index contributed by atoms with van der Waals surface area (Å²) in [6.07, 6.45) is 2.44. The molecule has 0 aliphatic carbocycles. The molecule has 196 valence electrons. The van der Waals surface area contributed by atoms with E-state index in [4.69, 9.17) is 25.8 Å². The number of para-hydroxylation sites is 2. The van der Waals surface area contributed by atoms with Crippen LogP contribution < -0.4 is 23.9 Å². The van der Waals surface area contributed by atoms with Crippen molar-refractivity contribution in [2.45, 2.75) is 13.5 Å². The SMILES string of the molecule is CCOc1cc(/C=N\NC(=O)CN(c2ccccc2OC)S(C)(=O)=O)ccc1OCc1cccc(Cl)c1. The molecule has 1 N–H and O–H groups in total. The minimum atomic E-state index is -3.76. The molecule has 0 unspecified atom stereocenters. The maximum atomic E-state index is 12.5. The standard InChI is InChI=1S/C26H28ClN3O6S/c1-4-35-25-15-19(12-13-24(25)36-18-20-8-7-9-21(27)14-20)16-28-29-26(31)17-30(37(3,32)33)22-10-5-6-11-23(22)34-2/h5-16H,4,17-18H2,1-3H3,(H,29,31)/b28-16-. The Kier molecular flexibility index (Phi) is 9.76. The second kappa shape index (κ2) is 13.0. The molecule has 37 heavy (non-hydrogen) atoms. The Morgan fingerprint density at radius 1 is 1.03 bits per heavy atom. The lowest BCUT2D eigenvalue weighted by Crippen LogP contribution is -2.39. The van der Waals surface area contributed by atoms with Crippen molar-refractivity contribution in [1.82, 2.24) is 5.43 Å². The summed E-state index contributed by atoms with van der Waals surface area (Å²) < 4.78 is 42.5. The van der Waals surface area contributed by atoms with Gasteiger partial charge < -0.3 is 14.2 Å². The first-order chi connectivity index (χ1) is 17.7. The highest BCUT2D eigenvalue weighted by Gasteiger charge is 2.23. The number of sulfonamides is 1. The number of benzene rings is 3. The fourth-order valence-corrected chi connectivity index (χ4v) is 4.41. The van der Waals surface area contributed by atoms with Gasteiger partial charge in [0.2, 0.25) is 10.0 Å². The monoisotopic (exact) mass is 545 g/mol. The van der Waals surface area contributed by atoms with E-state index in [1.54, 1.807) is 48.5 Å². The van der Waals surface area contributed by atoms with Crippen molar-refractivity contribution in [3.05, 3.63) is 82.9 Å². The Labute approximate surface area is 221 Å². The molecule has 0 aliphatic heterocycles. The summed E-state index contributed by atoms with van der Waals surface area (Å²) in [6, 6.07) is 19.1. The molecule has 1 amide bonds. The molecule has 0 spiro atoms. The van der Waals surface area contributed by atoms with Crippen molar-refractivity contribution in [3.8, 4) is 17.2 Å². The van der Waals surface area contributed by atoms with E-state index in [9.17, 15) is 13.2 Å². The van der Waals surface area contributed by atoms with Gasteiger partial charge in [0.15, 0.2) is 11.5 Å². The maximum Gasteiger partial charge on any atom is 0.260 e. The van der Waals surface area contributed by atoms with E-state index < -0.39 is 22.5 Å². The van der Waals surface area contributed by atoms with Gasteiger partial charge in [0.1, 0.15) is 18.9 Å². The highest BCUT2D eigenvalue weighted by molar-refractivity contribution is 7.92. The van der Waals surface area contributed by atoms with Crippen molar-refractivity contribution in [1.29, 1.82) is 0 Å². The minimum Gasteiger partial charge on any atom is -0.495 e. The van der Waals surface area contributed by atoms with Crippen LogP contribution in [0.1, 0.15) is 18.1 Å². The predicted molar refractivity (Wildman–Crippen MR) is 144 cm³/mol. The van der Waals surface area contributed by atoms with Crippen LogP contribution in [0.25, 0.3) is 0 Å². The Balaban J connectivity index is 1.67. The highest BCUT2D eigenvalue weighted by atomic mass is 35.5. The van der Waals surface area contributed by atoms with Gasteiger partial charge in [-0.2, -0.15) is 5.10 Å². The smallest absolute Gasteiger partial charge is 0.260 e. The first-order valence-corrected chi connectivity index (χ1v) is 13.5. The fraction of sp³-hybridized carbons (Fsp3) is 0.231. The molecule has 3 rings (SSSR count). The van der Waals surface area contributed by atoms with Gasteiger partial charge in [-0.25, -0.2) is 13.8 Å². The van der Waals surface area contributed by atoms with Crippen molar-refractivity contribution in [2.75, 3.05) is 30.8 Å². The number of hydrazone groups is 1. The summed E-state index contributed by atoms with van der Waals surface area (Å²) in [6.45, 7) is 2.12. The number of hydrogen-bond acceptors (Lipinski definition) is 7. The Hall–Kier alpha value is -3.76. The first kappa shape index (κ1) is 27.8. The lowest BCUT2D eigenvalue weighted by atomic mass is 10.2. The molecule has 0 aromatic heterocycles. The van der Waals surface area contributed by atoms with Gasteiger partial charge in [-0.15, -0.1) is 0 Å². The molecule has 9 nitrogen and oxygen atoms in total. The van der Waals surface area contributed by atoms with Crippen LogP contribution >= 0.6 is 11.6 Å². The normalized spacial score (nSPS) is 11.2. The van der Waals surface area contributed by atoms with Gasteiger partial charge in [0, 0.05) is 5.02 Å². The lowest BCUT2D eigenvalue weighted by molar-refractivity contribution is -0.119. The van der Waals surface area contributed by atoms with Gasteiger partial charge in [-0.1, -0.05) is 35.9 Å². The number of carbonyl (C=O) groups excluding carboxylic acids is 1. The van der Waals surface area contributed by atoms with E-state index in [-0.39, 0.29) is 5.69 Å². The Morgan fingerprint density at radius 3 is 2.51 bits per heavy atom. The van der Waals surface area contributed by atoms with Gasteiger partial charge in [-0.3, -0.25) is 9.10 Å². The number of methoxy groups -OCH3 is 1.